The van der Waals surface area contributed by atoms with Gasteiger partial charge in [-0.15, -0.1) is 11.8 Å². The largest absolute Gasteiger partial charge is 0.391 e. The fourth-order valence-electron chi connectivity index (χ4n) is 1.69. The van der Waals surface area contributed by atoms with E-state index in [1.807, 2.05) is 25.1 Å². The fourth-order valence-corrected chi connectivity index (χ4v) is 2.57. The summed E-state index contributed by atoms with van der Waals surface area (Å²) in [6, 6.07) is 10.2. The number of aliphatic hydroxyl groups is 1. The van der Waals surface area contributed by atoms with Crippen LogP contribution in [0.5, 0.6) is 0 Å². The number of hydrogen-bond donors (Lipinski definition) is 2. The van der Waals surface area contributed by atoms with Gasteiger partial charge in [-0.2, -0.15) is 0 Å². The van der Waals surface area contributed by atoms with Gasteiger partial charge in [-0.25, -0.2) is 0 Å². The summed E-state index contributed by atoms with van der Waals surface area (Å²) in [5.41, 5.74) is 0. The molecule has 106 valence electrons. The monoisotopic (exact) mass is 281 g/mol. The van der Waals surface area contributed by atoms with Gasteiger partial charge in [-0.3, -0.25) is 4.79 Å². The van der Waals surface area contributed by atoms with E-state index in [1.165, 1.54) is 4.90 Å². The van der Waals surface area contributed by atoms with E-state index in [2.05, 4.69) is 17.4 Å². The van der Waals surface area contributed by atoms with Gasteiger partial charge < -0.3 is 10.4 Å². The third-order valence-electron chi connectivity index (χ3n) is 2.72. The van der Waals surface area contributed by atoms with Crippen LogP contribution in [0.15, 0.2) is 35.2 Å². The Morgan fingerprint density at radius 2 is 2.11 bits per heavy atom. The van der Waals surface area contributed by atoms with Crippen LogP contribution in [0, 0.1) is 0 Å². The Kier molecular flexibility index (Phi) is 8.34. The van der Waals surface area contributed by atoms with E-state index in [9.17, 15) is 9.90 Å². The van der Waals surface area contributed by atoms with Gasteiger partial charge in [0.2, 0.25) is 5.91 Å². The topological polar surface area (TPSA) is 49.3 Å². The third kappa shape index (κ3) is 7.90. The van der Waals surface area contributed by atoms with Crippen LogP contribution in [0.25, 0.3) is 0 Å². The van der Waals surface area contributed by atoms with Crippen molar-refractivity contribution in [1.29, 1.82) is 0 Å². The second-order valence-corrected chi connectivity index (χ2v) is 5.68. The van der Waals surface area contributed by atoms with Crippen molar-refractivity contribution in [1.82, 2.24) is 5.32 Å². The van der Waals surface area contributed by atoms with Crippen LogP contribution in [0.4, 0.5) is 0 Å². The Labute approximate surface area is 119 Å². The van der Waals surface area contributed by atoms with Crippen molar-refractivity contribution >= 4 is 17.7 Å². The molecule has 4 heteroatoms. The molecular formula is C15H23NO2S. The van der Waals surface area contributed by atoms with Crippen LogP contribution >= 0.6 is 11.8 Å². The Bertz CT molecular complexity index is 356. The van der Waals surface area contributed by atoms with Gasteiger partial charge in [0.15, 0.2) is 0 Å². The van der Waals surface area contributed by atoms with Crippen LogP contribution < -0.4 is 5.32 Å². The summed E-state index contributed by atoms with van der Waals surface area (Å²) in [6.45, 7) is 2.39. The predicted molar refractivity (Wildman–Crippen MR) is 80.3 cm³/mol. The number of benzene rings is 1. The van der Waals surface area contributed by atoms with Gasteiger partial charge in [-0.1, -0.05) is 31.5 Å². The molecule has 0 aliphatic carbocycles. The molecule has 1 unspecified atom stereocenters. The molecule has 1 aromatic carbocycles. The molecule has 19 heavy (non-hydrogen) atoms. The lowest BCUT2D eigenvalue weighted by atomic mass is 10.2. The van der Waals surface area contributed by atoms with E-state index in [-0.39, 0.29) is 5.91 Å². The molecule has 0 saturated heterocycles. The van der Waals surface area contributed by atoms with Crippen molar-refractivity contribution in [3.63, 3.8) is 0 Å². The highest BCUT2D eigenvalue weighted by Crippen LogP contribution is 2.18. The highest BCUT2D eigenvalue weighted by Gasteiger charge is 2.05. The number of carbonyl (C=O) groups is 1. The molecule has 0 aliphatic heterocycles. The number of thioether (sulfide) groups is 1. The molecule has 0 radical (unpaired) electrons. The standard InChI is InChI=1S/C15H23NO2S/c1-2-7-13(17)12-16-15(18)10-6-11-19-14-8-4-3-5-9-14/h3-5,8-9,13,17H,2,6-7,10-12H2,1H3,(H,16,18). The van der Waals surface area contributed by atoms with E-state index >= 15 is 0 Å². The van der Waals surface area contributed by atoms with Crippen molar-refractivity contribution in [2.45, 2.75) is 43.6 Å². The van der Waals surface area contributed by atoms with Gasteiger partial charge in [0, 0.05) is 17.9 Å². The molecule has 0 aromatic heterocycles. The molecule has 1 atom stereocenters. The van der Waals surface area contributed by atoms with Crippen molar-refractivity contribution in [3.8, 4) is 0 Å². The zero-order chi connectivity index (χ0) is 13.9. The van der Waals surface area contributed by atoms with Crippen molar-refractivity contribution < 1.29 is 9.90 Å². The van der Waals surface area contributed by atoms with Crippen LogP contribution in [-0.2, 0) is 4.79 Å². The highest BCUT2D eigenvalue weighted by molar-refractivity contribution is 7.99. The molecular weight excluding hydrogens is 258 g/mol. The lowest BCUT2D eigenvalue weighted by molar-refractivity contribution is -0.121. The Morgan fingerprint density at radius 3 is 2.79 bits per heavy atom. The summed E-state index contributed by atoms with van der Waals surface area (Å²) in [4.78, 5) is 12.8. The molecule has 0 heterocycles. The van der Waals surface area contributed by atoms with E-state index in [4.69, 9.17) is 0 Å². The minimum absolute atomic E-state index is 0.0313. The second-order valence-electron chi connectivity index (χ2n) is 4.51. The first kappa shape index (κ1) is 16.1. The predicted octanol–water partition coefficient (Wildman–Crippen LogP) is 2.84. The number of rotatable bonds is 9. The minimum atomic E-state index is -0.410. The maximum atomic E-state index is 11.5. The summed E-state index contributed by atoms with van der Waals surface area (Å²) in [7, 11) is 0. The third-order valence-corrected chi connectivity index (χ3v) is 3.82. The van der Waals surface area contributed by atoms with Crippen LogP contribution in [-0.4, -0.2) is 29.4 Å². The zero-order valence-electron chi connectivity index (χ0n) is 11.5. The van der Waals surface area contributed by atoms with Crippen molar-refractivity contribution in [2.24, 2.45) is 0 Å². The smallest absolute Gasteiger partial charge is 0.220 e. The number of hydrogen-bond acceptors (Lipinski definition) is 3. The van der Waals surface area contributed by atoms with Crippen molar-refractivity contribution in [2.75, 3.05) is 12.3 Å². The minimum Gasteiger partial charge on any atom is -0.391 e. The first-order valence-electron chi connectivity index (χ1n) is 6.85. The Morgan fingerprint density at radius 1 is 1.37 bits per heavy atom. The van der Waals surface area contributed by atoms with Gasteiger partial charge in [-0.05, 0) is 30.7 Å². The molecule has 1 aromatic rings. The number of aliphatic hydroxyl groups excluding tert-OH is 1. The van der Waals surface area contributed by atoms with E-state index in [0.717, 1.165) is 25.0 Å². The SMILES string of the molecule is CCCC(O)CNC(=O)CCCSc1ccccc1. The molecule has 0 bridgehead atoms. The summed E-state index contributed by atoms with van der Waals surface area (Å²) in [6.07, 6.45) is 2.65. The summed E-state index contributed by atoms with van der Waals surface area (Å²) < 4.78 is 0. The summed E-state index contributed by atoms with van der Waals surface area (Å²) in [5, 5.41) is 12.3. The van der Waals surface area contributed by atoms with E-state index < -0.39 is 6.10 Å². The molecule has 1 amide bonds. The maximum absolute atomic E-state index is 11.5. The van der Waals surface area contributed by atoms with Crippen LogP contribution in [0.2, 0.25) is 0 Å². The number of carbonyl (C=O) groups excluding carboxylic acids is 1. The molecule has 1 rings (SSSR count). The lowest BCUT2D eigenvalue weighted by Crippen LogP contribution is -2.31. The number of nitrogens with one attached hydrogen (secondary N) is 1. The average Bonchev–Trinajstić information content (AvgIpc) is 2.43. The number of amides is 1. The summed E-state index contributed by atoms with van der Waals surface area (Å²) >= 11 is 1.77. The summed E-state index contributed by atoms with van der Waals surface area (Å²) in [5.74, 6) is 0.971. The van der Waals surface area contributed by atoms with E-state index in [0.29, 0.717) is 13.0 Å². The average molecular weight is 281 g/mol. The van der Waals surface area contributed by atoms with Gasteiger partial charge in [0.05, 0.1) is 6.10 Å². The van der Waals surface area contributed by atoms with Gasteiger partial charge in [0.25, 0.3) is 0 Å². The molecule has 3 nitrogen and oxygen atoms in total. The first-order chi connectivity index (χ1) is 9.22. The highest BCUT2D eigenvalue weighted by atomic mass is 32.2. The van der Waals surface area contributed by atoms with E-state index in [1.54, 1.807) is 11.8 Å². The van der Waals surface area contributed by atoms with Crippen LogP contribution in [0.3, 0.4) is 0 Å². The lowest BCUT2D eigenvalue weighted by Gasteiger charge is -2.10. The van der Waals surface area contributed by atoms with Crippen molar-refractivity contribution in [3.05, 3.63) is 30.3 Å². The molecule has 0 saturated carbocycles. The fraction of sp³-hybridized carbons (Fsp3) is 0.533. The Hall–Kier alpha value is -1.00. The molecule has 2 N–H and O–H groups in total. The molecule has 0 aliphatic rings. The Balaban J connectivity index is 2.04. The van der Waals surface area contributed by atoms with Gasteiger partial charge >= 0.3 is 0 Å². The van der Waals surface area contributed by atoms with Crippen LogP contribution in [0.1, 0.15) is 32.6 Å². The normalized spacial score (nSPS) is 12.1. The maximum Gasteiger partial charge on any atom is 0.220 e. The molecule has 0 fully saturated rings. The second kappa shape index (κ2) is 9.87. The molecule has 0 spiro atoms. The first-order valence-corrected chi connectivity index (χ1v) is 7.83. The quantitative estimate of drug-likeness (QED) is 0.540. The zero-order valence-corrected chi connectivity index (χ0v) is 12.3. The van der Waals surface area contributed by atoms with Gasteiger partial charge in [0.1, 0.15) is 0 Å².